The van der Waals surface area contributed by atoms with Crippen molar-refractivity contribution in [3.05, 3.63) is 71.2 Å². The summed E-state index contributed by atoms with van der Waals surface area (Å²) >= 11 is 0. The molecule has 8 heteroatoms. The number of methoxy groups -OCH3 is 1. The second kappa shape index (κ2) is 12.1. The number of aromatic nitrogens is 1. The Bertz CT molecular complexity index is 1340. The number of pyridine rings is 1. The van der Waals surface area contributed by atoms with Gasteiger partial charge in [-0.15, -0.1) is 0 Å². The number of nitrogens with zero attached hydrogens (tertiary/aromatic N) is 2. The fourth-order valence-electron chi connectivity index (χ4n) is 5.10. The molecule has 0 amide bonds. The molecule has 0 saturated carbocycles. The van der Waals surface area contributed by atoms with Crippen molar-refractivity contribution in [3.63, 3.8) is 0 Å². The quantitative estimate of drug-likeness (QED) is 0.323. The molecular weight excluding hydrogens is 481 g/mol. The van der Waals surface area contributed by atoms with Gasteiger partial charge in [-0.05, 0) is 86.0 Å². The molecule has 0 bridgehead atoms. The van der Waals surface area contributed by atoms with Crippen LogP contribution in [0.1, 0.15) is 36.8 Å². The lowest BCUT2D eigenvalue weighted by Gasteiger charge is -2.37. The van der Waals surface area contributed by atoms with Crippen LogP contribution in [0.25, 0.3) is 10.9 Å². The van der Waals surface area contributed by atoms with E-state index in [0.29, 0.717) is 13.1 Å². The summed E-state index contributed by atoms with van der Waals surface area (Å²) in [6.45, 7) is 1.47. The number of fused-ring (bicyclic) bond motifs is 1. The highest BCUT2D eigenvalue weighted by molar-refractivity contribution is 5.83. The first-order valence-corrected chi connectivity index (χ1v) is 12.3. The van der Waals surface area contributed by atoms with Crippen LogP contribution < -0.4 is 4.74 Å². The summed E-state index contributed by atoms with van der Waals surface area (Å²) < 4.78 is 46.4. The number of halogens is 3. The number of rotatable bonds is 8. The topological polar surface area (TPSA) is 62.7 Å². The van der Waals surface area contributed by atoms with Crippen molar-refractivity contribution in [1.82, 2.24) is 9.88 Å². The number of likely N-dealkylation sites (tertiary alicyclic amines) is 1. The Labute approximate surface area is 214 Å². The van der Waals surface area contributed by atoms with E-state index >= 15 is 0 Å². The average molecular weight is 511 g/mol. The lowest BCUT2D eigenvalue weighted by atomic mass is 9.80. The van der Waals surface area contributed by atoms with Crippen LogP contribution in [0, 0.1) is 41.1 Å². The van der Waals surface area contributed by atoms with Crippen molar-refractivity contribution in [2.24, 2.45) is 11.8 Å². The predicted octanol–water partition coefficient (Wildman–Crippen LogP) is 5.45. The van der Waals surface area contributed by atoms with E-state index in [1.54, 1.807) is 13.3 Å². The Hall–Kier alpha value is -3.57. The van der Waals surface area contributed by atoms with Crippen molar-refractivity contribution in [1.29, 1.82) is 0 Å². The van der Waals surface area contributed by atoms with Gasteiger partial charge in [-0.1, -0.05) is 11.8 Å². The summed E-state index contributed by atoms with van der Waals surface area (Å²) in [4.78, 5) is 18.0. The number of piperidine rings is 1. The van der Waals surface area contributed by atoms with Gasteiger partial charge in [0.2, 0.25) is 0 Å². The highest BCUT2D eigenvalue weighted by Crippen LogP contribution is 2.31. The van der Waals surface area contributed by atoms with Crippen LogP contribution in [0.5, 0.6) is 5.75 Å². The molecule has 3 aromatic rings. The zero-order valence-corrected chi connectivity index (χ0v) is 20.6. The smallest absolute Gasteiger partial charge is 0.303 e. The fourth-order valence-corrected chi connectivity index (χ4v) is 5.10. The Morgan fingerprint density at radius 3 is 2.76 bits per heavy atom. The number of carboxylic acid groups (broad SMARTS) is 1. The molecule has 1 aliphatic heterocycles. The van der Waals surface area contributed by atoms with E-state index < -0.39 is 29.0 Å². The number of aliphatic carboxylic acids is 1. The van der Waals surface area contributed by atoms with Crippen LogP contribution in [0.15, 0.2) is 42.6 Å². The molecule has 194 valence electrons. The Morgan fingerprint density at radius 1 is 1.16 bits per heavy atom. The van der Waals surface area contributed by atoms with Crippen LogP contribution in [0.3, 0.4) is 0 Å². The second-order valence-corrected chi connectivity index (χ2v) is 9.41. The predicted molar refractivity (Wildman–Crippen MR) is 135 cm³/mol. The minimum absolute atomic E-state index is 0.0510. The highest BCUT2D eigenvalue weighted by Gasteiger charge is 2.30. The molecule has 0 spiro atoms. The van der Waals surface area contributed by atoms with Gasteiger partial charge >= 0.3 is 5.97 Å². The normalized spacial score (nSPS) is 17.8. The van der Waals surface area contributed by atoms with Gasteiger partial charge in [0.25, 0.3) is 0 Å². The first-order valence-electron chi connectivity index (χ1n) is 12.3. The molecule has 2 aromatic carbocycles. The third-order valence-corrected chi connectivity index (χ3v) is 7.03. The van der Waals surface area contributed by atoms with E-state index in [4.69, 9.17) is 4.74 Å². The molecule has 37 heavy (non-hydrogen) atoms. The van der Waals surface area contributed by atoms with Gasteiger partial charge in [0, 0.05) is 24.5 Å². The van der Waals surface area contributed by atoms with Crippen LogP contribution in [0.2, 0.25) is 0 Å². The van der Waals surface area contributed by atoms with E-state index in [9.17, 15) is 23.1 Å². The molecule has 1 fully saturated rings. The molecule has 4 rings (SSSR count). The lowest BCUT2D eigenvalue weighted by molar-refractivity contribution is -0.139. The van der Waals surface area contributed by atoms with Crippen molar-refractivity contribution in [2.45, 2.75) is 32.1 Å². The van der Waals surface area contributed by atoms with E-state index in [0.717, 1.165) is 54.5 Å². The van der Waals surface area contributed by atoms with Crippen LogP contribution in [-0.4, -0.2) is 47.7 Å². The van der Waals surface area contributed by atoms with Gasteiger partial charge in [-0.3, -0.25) is 14.7 Å². The van der Waals surface area contributed by atoms with Gasteiger partial charge in [-0.25, -0.2) is 13.2 Å². The maximum Gasteiger partial charge on any atom is 0.303 e. The second-order valence-electron chi connectivity index (χ2n) is 9.41. The third-order valence-electron chi connectivity index (χ3n) is 7.03. The number of hydrogen-bond acceptors (Lipinski definition) is 4. The maximum atomic E-state index is 13.8. The molecule has 0 radical (unpaired) electrons. The number of ether oxygens (including phenoxy) is 1. The summed E-state index contributed by atoms with van der Waals surface area (Å²) in [5.41, 5.74) is 1.51. The van der Waals surface area contributed by atoms with E-state index in [2.05, 4.69) is 16.8 Å². The maximum absolute atomic E-state index is 13.8. The Kier molecular flexibility index (Phi) is 8.67. The van der Waals surface area contributed by atoms with Crippen molar-refractivity contribution in [3.8, 4) is 17.6 Å². The largest absolute Gasteiger partial charge is 0.497 e. The molecule has 5 nitrogen and oxygen atoms in total. The number of benzene rings is 2. The summed E-state index contributed by atoms with van der Waals surface area (Å²) in [6, 6.07) is 9.41. The average Bonchev–Trinajstić information content (AvgIpc) is 2.89. The fraction of sp³-hybridized carbons (Fsp3) is 0.379. The molecule has 2 atom stereocenters. The van der Waals surface area contributed by atoms with E-state index in [1.807, 2.05) is 29.2 Å². The van der Waals surface area contributed by atoms with Crippen molar-refractivity contribution >= 4 is 16.9 Å². The minimum atomic E-state index is -1.30. The summed E-state index contributed by atoms with van der Waals surface area (Å²) in [7, 11) is 1.63. The van der Waals surface area contributed by atoms with Crippen LogP contribution >= 0.6 is 0 Å². The number of carbonyl (C=O) groups is 1. The summed E-state index contributed by atoms with van der Waals surface area (Å²) in [5, 5.41) is 10.5. The zero-order chi connectivity index (χ0) is 26.4. The molecular formula is C29H29F3N2O3. The molecule has 1 saturated heterocycles. The lowest BCUT2D eigenvalue weighted by Crippen LogP contribution is -2.41. The first kappa shape index (κ1) is 26.5. The van der Waals surface area contributed by atoms with Gasteiger partial charge in [-0.2, -0.15) is 0 Å². The molecule has 2 heterocycles. The first-order chi connectivity index (χ1) is 17.9. The van der Waals surface area contributed by atoms with Gasteiger partial charge in [0.1, 0.15) is 11.6 Å². The van der Waals surface area contributed by atoms with Gasteiger partial charge in [0.15, 0.2) is 11.6 Å². The summed E-state index contributed by atoms with van der Waals surface area (Å²) in [5.74, 6) is 1.91. The standard InChI is InChI=1S/C29H29F3N2O3/c1-37-22-7-10-27-24(17-22)20(11-13-33-27)5-2-4-19-12-15-34(18-21(19)16-28(35)36)14-3-6-23-25(30)8-9-26(31)29(23)32/h7-11,13,17,19,21H,2,4-5,12,14-16,18H2,1H3,(H,35,36)/t19-,21+/m1/s1. The molecule has 0 aliphatic carbocycles. The number of aryl methyl sites for hydroxylation is 1. The minimum Gasteiger partial charge on any atom is -0.497 e. The Balaban J connectivity index is 1.37. The molecule has 1 N–H and O–H groups in total. The monoisotopic (exact) mass is 510 g/mol. The van der Waals surface area contributed by atoms with E-state index in [-0.39, 0.29) is 24.8 Å². The third kappa shape index (κ3) is 6.60. The highest BCUT2D eigenvalue weighted by atomic mass is 19.2. The molecule has 1 aromatic heterocycles. The Morgan fingerprint density at radius 2 is 1.97 bits per heavy atom. The SMILES string of the molecule is COc1ccc2nccc(CCC[C@@H]3CCN(CC#Cc4c(F)ccc(F)c4F)C[C@@H]3CC(=O)O)c2c1. The van der Waals surface area contributed by atoms with Gasteiger partial charge in [0.05, 0.1) is 24.7 Å². The van der Waals surface area contributed by atoms with Crippen molar-refractivity contribution in [2.75, 3.05) is 26.7 Å². The molecule has 0 unspecified atom stereocenters. The summed E-state index contributed by atoms with van der Waals surface area (Å²) in [6.07, 6.45) is 5.32. The van der Waals surface area contributed by atoms with Crippen LogP contribution in [-0.2, 0) is 11.2 Å². The molecule has 1 aliphatic rings. The van der Waals surface area contributed by atoms with Crippen LogP contribution in [0.4, 0.5) is 13.2 Å². The zero-order valence-electron chi connectivity index (χ0n) is 20.6. The van der Waals surface area contributed by atoms with E-state index in [1.165, 1.54) is 5.56 Å². The number of carboxylic acids is 1. The van der Waals surface area contributed by atoms with Gasteiger partial charge < -0.3 is 9.84 Å². The van der Waals surface area contributed by atoms with Crippen molar-refractivity contribution < 1.29 is 27.8 Å². The number of hydrogen-bond donors (Lipinski definition) is 1.